The lowest BCUT2D eigenvalue weighted by atomic mass is 10.1. The lowest BCUT2D eigenvalue weighted by Crippen LogP contribution is -2.31. The first-order valence-corrected chi connectivity index (χ1v) is 11.1. The van der Waals surface area contributed by atoms with Crippen molar-refractivity contribution >= 4 is 27.3 Å². The van der Waals surface area contributed by atoms with E-state index in [1.54, 1.807) is 24.3 Å². The van der Waals surface area contributed by atoms with Gasteiger partial charge in [-0.2, -0.15) is 0 Å². The maximum Gasteiger partial charge on any atom is 0.255 e. The molecule has 0 radical (unpaired) electrons. The highest BCUT2D eigenvalue weighted by Gasteiger charge is 2.16. The predicted octanol–water partition coefficient (Wildman–Crippen LogP) is 3.86. The number of carbonyl (C=O) groups is 1. The normalized spacial score (nSPS) is 12.4. The summed E-state index contributed by atoms with van der Waals surface area (Å²) in [5, 5.41) is 2.80. The second kappa shape index (κ2) is 9.71. The molecule has 0 spiro atoms. The third-order valence-electron chi connectivity index (χ3n) is 4.65. The summed E-state index contributed by atoms with van der Waals surface area (Å²) in [5.41, 5.74) is 2.16. The first-order chi connectivity index (χ1) is 13.3. The number of hydrogen-bond acceptors (Lipinski definition) is 4. The highest BCUT2D eigenvalue weighted by Crippen LogP contribution is 2.18. The average Bonchev–Trinajstić information content (AvgIpc) is 2.69. The molecule has 2 rings (SSSR count). The summed E-state index contributed by atoms with van der Waals surface area (Å²) in [6.45, 7) is 9.73. The van der Waals surface area contributed by atoms with Gasteiger partial charge in [0.15, 0.2) is 0 Å². The van der Waals surface area contributed by atoms with E-state index in [0.717, 1.165) is 18.8 Å². The maximum atomic E-state index is 12.4. The van der Waals surface area contributed by atoms with Crippen LogP contribution in [0, 0.1) is 0 Å². The molecule has 0 aliphatic heterocycles. The van der Waals surface area contributed by atoms with Crippen LogP contribution in [0.2, 0.25) is 0 Å². The largest absolute Gasteiger partial charge is 0.372 e. The van der Waals surface area contributed by atoms with Crippen molar-refractivity contribution in [1.82, 2.24) is 4.72 Å². The molecule has 28 heavy (non-hydrogen) atoms. The summed E-state index contributed by atoms with van der Waals surface area (Å²) in [6.07, 6.45) is 0.709. The fourth-order valence-electron chi connectivity index (χ4n) is 2.75. The molecule has 0 aromatic heterocycles. The number of nitrogens with one attached hydrogen (secondary N) is 2. The SMILES string of the molecule is CC[C@H](C)NS(=O)(=O)c1ccc(NC(=O)c2ccc(N(CC)CC)cc2)cc1. The number of sulfonamides is 1. The molecule has 2 N–H and O–H groups in total. The van der Waals surface area contributed by atoms with E-state index in [0.29, 0.717) is 17.7 Å². The van der Waals surface area contributed by atoms with E-state index in [9.17, 15) is 13.2 Å². The maximum absolute atomic E-state index is 12.4. The van der Waals surface area contributed by atoms with Gasteiger partial charge in [-0.15, -0.1) is 0 Å². The Hall–Kier alpha value is -2.38. The Balaban J connectivity index is 2.06. The predicted molar refractivity (Wildman–Crippen MR) is 114 cm³/mol. The molecule has 0 aliphatic rings. The summed E-state index contributed by atoms with van der Waals surface area (Å²) < 4.78 is 27.2. The minimum absolute atomic E-state index is 0.135. The Morgan fingerprint density at radius 1 is 0.964 bits per heavy atom. The van der Waals surface area contributed by atoms with Crippen molar-refractivity contribution in [2.45, 2.75) is 45.1 Å². The van der Waals surface area contributed by atoms with E-state index >= 15 is 0 Å². The summed E-state index contributed by atoms with van der Waals surface area (Å²) in [4.78, 5) is 14.8. The number of nitrogens with zero attached hydrogens (tertiary/aromatic N) is 1. The van der Waals surface area contributed by atoms with E-state index in [1.165, 1.54) is 12.1 Å². The molecule has 6 nitrogen and oxygen atoms in total. The number of hydrogen-bond donors (Lipinski definition) is 2. The second-order valence-corrected chi connectivity index (χ2v) is 8.34. The van der Waals surface area contributed by atoms with Crippen LogP contribution >= 0.6 is 0 Å². The fraction of sp³-hybridized carbons (Fsp3) is 0.381. The van der Waals surface area contributed by atoms with Gasteiger partial charge in [-0.3, -0.25) is 4.79 Å². The quantitative estimate of drug-likeness (QED) is 0.666. The van der Waals surface area contributed by atoms with Crippen LogP contribution in [-0.2, 0) is 10.0 Å². The molecular formula is C21H29N3O3S. The van der Waals surface area contributed by atoms with Crippen molar-refractivity contribution in [1.29, 1.82) is 0 Å². The Kier molecular flexibility index (Phi) is 7.60. The molecule has 0 aliphatic carbocycles. The highest BCUT2D eigenvalue weighted by molar-refractivity contribution is 7.89. The van der Waals surface area contributed by atoms with Gasteiger partial charge in [0, 0.05) is 36.1 Å². The average molecular weight is 404 g/mol. The van der Waals surface area contributed by atoms with Gasteiger partial charge in [-0.1, -0.05) is 6.92 Å². The molecule has 0 bridgehead atoms. The first kappa shape index (κ1) is 21.9. The third kappa shape index (κ3) is 5.56. The second-order valence-electron chi connectivity index (χ2n) is 6.63. The number of anilines is 2. The lowest BCUT2D eigenvalue weighted by Gasteiger charge is -2.21. The summed E-state index contributed by atoms with van der Waals surface area (Å²) in [6, 6.07) is 13.5. The lowest BCUT2D eigenvalue weighted by molar-refractivity contribution is 0.102. The van der Waals surface area contributed by atoms with Crippen LogP contribution in [0.25, 0.3) is 0 Å². The molecule has 2 aromatic rings. The Morgan fingerprint density at radius 2 is 1.54 bits per heavy atom. The van der Waals surface area contributed by atoms with Crippen molar-refractivity contribution in [3.8, 4) is 0 Å². The molecule has 0 saturated heterocycles. The minimum atomic E-state index is -3.55. The molecule has 1 atom stereocenters. The summed E-state index contributed by atoms with van der Waals surface area (Å²) in [7, 11) is -3.55. The number of carbonyl (C=O) groups excluding carboxylic acids is 1. The molecule has 1 amide bonds. The summed E-state index contributed by atoms with van der Waals surface area (Å²) >= 11 is 0. The van der Waals surface area contributed by atoms with Crippen LogP contribution in [0.3, 0.4) is 0 Å². The van der Waals surface area contributed by atoms with Gasteiger partial charge in [0.1, 0.15) is 0 Å². The zero-order chi connectivity index (χ0) is 20.7. The van der Waals surface area contributed by atoms with Crippen molar-refractivity contribution in [3.05, 3.63) is 54.1 Å². The highest BCUT2D eigenvalue weighted by atomic mass is 32.2. The molecule has 0 fully saturated rings. The standard InChI is InChI=1S/C21H29N3O3S/c1-5-16(4)23-28(26,27)20-14-10-18(11-15-20)22-21(25)17-8-12-19(13-9-17)24(6-2)7-3/h8-16,23H,5-7H2,1-4H3,(H,22,25)/t16-/m0/s1. The van der Waals surface area contributed by atoms with Crippen molar-refractivity contribution in [2.75, 3.05) is 23.3 Å². The third-order valence-corrected chi connectivity index (χ3v) is 6.25. The number of amides is 1. The zero-order valence-corrected chi connectivity index (χ0v) is 17.7. The van der Waals surface area contributed by atoms with Gasteiger partial charge in [0.05, 0.1) is 4.90 Å². The van der Waals surface area contributed by atoms with Crippen LogP contribution < -0.4 is 14.9 Å². The van der Waals surface area contributed by atoms with Gasteiger partial charge >= 0.3 is 0 Å². The Morgan fingerprint density at radius 3 is 2.04 bits per heavy atom. The van der Waals surface area contributed by atoms with Crippen LogP contribution in [-0.4, -0.2) is 33.5 Å². The molecule has 152 valence electrons. The molecular weight excluding hydrogens is 374 g/mol. The van der Waals surface area contributed by atoms with Crippen LogP contribution in [0.4, 0.5) is 11.4 Å². The smallest absolute Gasteiger partial charge is 0.255 e. The van der Waals surface area contributed by atoms with E-state index < -0.39 is 10.0 Å². The van der Waals surface area contributed by atoms with Crippen LogP contribution in [0.5, 0.6) is 0 Å². The van der Waals surface area contributed by atoms with Crippen molar-refractivity contribution in [2.24, 2.45) is 0 Å². The number of rotatable bonds is 9. The van der Waals surface area contributed by atoms with Gasteiger partial charge in [-0.05, 0) is 75.7 Å². The van der Waals surface area contributed by atoms with E-state index in [-0.39, 0.29) is 16.8 Å². The van der Waals surface area contributed by atoms with Crippen molar-refractivity contribution < 1.29 is 13.2 Å². The minimum Gasteiger partial charge on any atom is -0.372 e. The molecule has 0 heterocycles. The Labute approximate surface area is 168 Å². The van der Waals surface area contributed by atoms with E-state index in [1.807, 2.05) is 26.0 Å². The molecule has 0 unspecified atom stereocenters. The number of benzene rings is 2. The fourth-order valence-corrected chi connectivity index (χ4v) is 4.08. The monoisotopic (exact) mass is 403 g/mol. The van der Waals surface area contributed by atoms with Crippen LogP contribution in [0.15, 0.2) is 53.4 Å². The zero-order valence-electron chi connectivity index (χ0n) is 16.9. The van der Waals surface area contributed by atoms with E-state index in [2.05, 4.69) is 28.8 Å². The van der Waals surface area contributed by atoms with E-state index in [4.69, 9.17) is 0 Å². The van der Waals surface area contributed by atoms with Gasteiger partial charge in [0.25, 0.3) is 5.91 Å². The molecule has 2 aromatic carbocycles. The van der Waals surface area contributed by atoms with Gasteiger partial charge in [0.2, 0.25) is 10.0 Å². The van der Waals surface area contributed by atoms with Crippen molar-refractivity contribution in [3.63, 3.8) is 0 Å². The van der Waals surface area contributed by atoms with Gasteiger partial charge < -0.3 is 10.2 Å². The summed E-state index contributed by atoms with van der Waals surface area (Å²) in [5.74, 6) is -0.237. The molecule has 0 saturated carbocycles. The Bertz CT molecular complexity index is 874. The molecule has 7 heteroatoms. The first-order valence-electron chi connectivity index (χ1n) is 9.59. The van der Waals surface area contributed by atoms with Crippen LogP contribution in [0.1, 0.15) is 44.5 Å². The topological polar surface area (TPSA) is 78.5 Å². The van der Waals surface area contributed by atoms with Gasteiger partial charge in [-0.25, -0.2) is 13.1 Å².